The number of carbonyl (C=O) groups excluding carboxylic acids is 1. The van der Waals surface area contributed by atoms with Crippen molar-refractivity contribution in [3.63, 3.8) is 0 Å². The molecule has 0 saturated heterocycles. The van der Waals surface area contributed by atoms with Gasteiger partial charge in [0.2, 0.25) is 0 Å². The first-order valence-corrected chi connectivity index (χ1v) is 6.56. The number of anilines is 1. The van der Waals surface area contributed by atoms with E-state index in [1.54, 1.807) is 4.90 Å². The summed E-state index contributed by atoms with van der Waals surface area (Å²) in [5, 5.41) is 12.8. The fourth-order valence-corrected chi connectivity index (χ4v) is 2.22. The zero-order chi connectivity index (χ0) is 13.0. The van der Waals surface area contributed by atoms with Crippen LogP contribution >= 0.6 is 0 Å². The fraction of sp³-hybridized carbons (Fsp3) is 0.500. The number of hydrogen-bond acceptors (Lipinski definition) is 2. The number of urea groups is 1. The van der Waals surface area contributed by atoms with Crippen LogP contribution in [0.15, 0.2) is 24.3 Å². The quantitative estimate of drug-likeness (QED) is 0.807. The molecule has 0 spiro atoms. The average Bonchev–Trinajstić information content (AvgIpc) is 2.39. The van der Waals surface area contributed by atoms with Gasteiger partial charge < -0.3 is 10.4 Å². The van der Waals surface area contributed by atoms with E-state index < -0.39 is 6.10 Å². The molecule has 1 aliphatic heterocycles. The molecule has 0 saturated carbocycles. The van der Waals surface area contributed by atoms with Gasteiger partial charge in [-0.15, -0.1) is 0 Å². The third-order valence-corrected chi connectivity index (χ3v) is 3.26. The van der Waals surface area contributed by atoms with Crippen molar-refractivity contribution in [2.45, 2.75) is 32.3 Å². The number of hydrogen-bond donors (Lipinski definition) is 2. The maximum atomic E-state index is 12.1. The van der Waals surface area contributed by atoms with E-state index in [2.05, 4.69) is 12.2 Å². The summed E-state index contributed by atoms with van der Waals surface area (Å²) in [7, 11) is 0. The van der Waals surface area contributed by atoms with Crippen LogP contribution < -0.4 is 10.2 Å². The van der Waals surface area contributed by atoms with E-state index in [-0.39, 0.29) is 6.03 Å². The second-order valence-electron chi connectivity index (χ2n) is 4.60. The van der Waals surface area contributed by atoms with Gasteiger partial charge >= 0.3 is 6.03 Å². The molecule has 18 heavy (non-hydrogen) atoms. The number of nitrogens with one attached hydrogen (secondary N) is 1. The number of aliphatic hydroxyl groups is 1. The molecule has 1 aliphatic rings. The number of nitrogens with zero attached hydrogens (tertiary/aromatic N) is 1. The SMILES string of the molecule is CCCCNC(=O)N1CCC(O)c2ccccc21. The number of fused-ring (bicyclic) bond motifs is 1. The van der Waals surface area contributed by atoms with Gasteiger partial charge in [0.1, 0.15) is 0 Å². The predicted octanol–water partition coefficient (Wildman–Crippen LogP) is 2.44. The van der Waals surface area contributed by atoms with Crippen LogP contribution in [0.2, 0.25) is 0 Å². The Morgan fingerprint density at radius 2 is 2.28 bits per heavy atom. The van der Waals surface area contributed by atoms with Crippen molar-refractivity contribution in [1.29, 1.82) is 0 Å². The lowest BCUT2D eigenvalue weighted by molar-refractivity contribution is 0.164. The molecule has 0 aliphatic carbocycles. The highest BCUT2D eigenvalue weighted by molar-refractivity contribution is 5.93. The summed E-state index contributed by atoms with van der Waals surface area (Å²) in [5.74, 6) is 0. The highest BCUT2D eigenvalue weighted by atomic mass is 16.3. The Morgan fingerprint density at radius 1 is 1.50 bits per heavy atom. The summed E-state index contributed by atoms with van der Waals surface area (Å²) in [4.78, 5) is 13.8. The zero-order valence-electron chi connectivity index (χ0n) is 10.7. The zero-order valence-corrected chi connectivity index (χ0v) is 10.7. The molecule has 2 rings (SSSR count). The van der Waals surface area contributed by atoms with Gasteiger partial charge in [0.15, 0.2) is 0 Å². The molecule has 0 bridgehead atoms. The van der Waals surface area contributed by atoms with Crippen LogP contribution in [0.25, 0.3) is 0 Å². The second kappa shape index (κ2) is 5.87. The van der Waals surface area contributed by atoms with E-state index in [4.69, 9.17) is 0 Å². The largest absolute Gasteiger partial charge is 0.388 e. The van der Waals surface area contributed by atoms with Crippen LogP contribution in [0.4, 0.5) is 10.5 Å². The van der Waals surface area contributed by atoms with E-state index in [0.717, 1.165) is 24.1 Å². The Kier molecular flexibility index (Phi) is 4.20. The van der Waals surface area contributed by atoms with Crippen molar-refractivity contribution >= 4 is 11.7 Å². The van der Waals surface area contributed by atoms with E-state index in [0.29, 0.717) is 19.5 Å². The van der Waals surface area contributed by atoms with Crippen molar-refractivity contribution in [3.8, 4) is 0 Å². The second-order valence-corrected chi connectivity index (χ2v) is 4.60. The van der Waals surface area contributed by atoms with Gasteiger partial charge in [-0.25, -0.2) is 4.79 Å². The molecule has 1 atom stereocenters. The van der Waals surface area contributed by atoms with E-state index in [1.165, 1.54) is 0 Å². The fourth-order valence-electron chi connectivity index (χ4n) is 2.22. The molecule has 0 radical (unpaired) electrons. The third-order valence-electron chi connectivity index (χ3n) is 3.26. The van der Waals surface area contributed by atoms with E-state index in [1.807, 2.05) is 24.3 Å². The molecule has 4 nitrogen and oxygen atoms in total. The standard InChI is InChI=1S/C14H20N2O2/c1-2-3-9-15-14(18)16-10-8-13(17)11-6-4-5-7-12(11)16/h4-7,13,17H,2-3,8-10H2,1H3,(H,15,18). The van der Waals surface area contributed by atoms with Gasteiger partial charge in [-0.1, -0.05) is 31.5 Å². The molecule has 1 aromatic carbocycles. The summed E-state index contributed by atoms with van der Waals surface area (Å²) < 4.78 is 0. The number of benzene rings is 1. The monoisotopic (exact) mass is 248 g/mol. The topological polar surface area (TPSA) is 52.6 Å². The predicted molar refractivity (Wildman–Crippen MR) is 71.7 cm³/mol. The van der Waals surface area contributed by atoms with E-state index >= 15 is 0 Å². The molecule has 0 fully saturated rings. The van der Waals surface area contributed by atoms with Crippen LogP contribution in [0.5, 0.6) is 0 Å². The average molecular weight is 248 g/mol. The van der Waals surface area contributed by atoms with Crippen LogP contribution in [0.3, 0.4) is 0 Å². The van der Waals surface area contributed by atoms with Gasteiger partial charge in [-0.3, -0.25) is 4.90 Å². The van der Waals surface area contributed by atoms with E-state index in [9.17, 15) is 9.90 Å². The lowest BCUT2D eigenvalue weighted by Gasteiger charge is -2.32. The molecule has 2 amide bonds. The summed E-state index contributed by atoms with van der Waals surface area (Å²) in [6.45, 7) is 3.37. The van der Waals surface area contributed by atoms with Gasteiger partial charge in [0.05, 0.1) is 11.8 Å². The summed E-state index contributed by atoms with van der Waals surface area (Å²) in [5.41, 5.74) is 1.67. The highest BCUT2D eigenvalue weighted by Gasteiger charge is 2.26. The number of unbranched alkanes of at least 4 members (excludes halogenated alkanes) is 1. The van der Waals surface area contributed by atoms with Crippen LogP contribution in [-0.2, 0) is 0 Å². The van der Waals surface area contributed by atoms with Crippen molar-refractivity contribution in [3.05, 3.63) is 29.8 Å². The molecule has 1 heterocycles. The maximum Gasteiger partial charge on any atom is 0.321 e. The van der Waals surface area contributed by atoms with Crippen LogP contribution in [0, 0.1) is 0 Å². The molecular weight excluding hydrogens is 228 g/mol. The lowest BCUT2D eigenvalue weighted by Crippen LogP contribution is -2.43. The molecular formula is C14H20N2O2. The molecule has 1 aromatic rings. The Bertz CT molecular complexity index is 420. The number of para-hydroxylation sites is 1. The Labute approximate surface area is 108 Å². The molecule has 2 N–H and O–H groups in total. The van der Waals surface area contributed by atoms with Crippen molar-refractivity contribution < 1.29 is 9.90 Å². The first-order valence-electron chi connectivity index (χ1n) is 6.56. The summed E-state index contributed by atoms with van der Waals surface area (Å²) in [6.07, 6.45) is 2.19. The first kappa shape index (κ1) is 12.9. The minimum atomic E-state index is -0.458. The minimum absolute atomic E-state index is 0.0669. The molecule has 4 heteroatoms. The molecule has 98 valence electrons. The maximum absolute atomic E-state index is 12.1. The molecule has 1 unspecified atom stereocenters. The highest BCUT2D eigenvalue weighted by Crippen LogP contribution is 2.33. The Morgan fingerprint density at radius 3 is 3.06 bits per heavy atom. The smallest absolute Gasteiger partial charge is 0.321 e. The van der Waals surface area contributed by atoms with Crippen molar-refractivity contribution in [2.24, 2.45) is 0 Å². The number of rotatable bonds is 3. The third kappa shape index (κ3) is 2.64. The first-order chi connectivity index (χ1) is 8.74. The van der Waals surface area contributed by atoms with Crippen LogP contribution in [-0.4, -0.2) is 24.2 Å². The Hall–Kier alpha value is -1.55. The Balaban J connectivity index is 2.11. The van der Waals surface area contributed by atoms with Gasteiger partial charge in [-0.05, 0) is 18.9 Å². The van der Waals surface area contributed by atoms with Gasteiger partial charge in [-0.2, -0.15) is 0 Å². The van der Waals surface area contributed by atoms with Crippen molar-refractivity contribution in [1.82, 2.24) is 5.32 Å². The van der Waals surface area contributed by atoms with Gasteiger partial charge in [0.25, 0.3) is 0 Å². The normalized spacial score (nSPS) is 18.3. The summed E-state index contributed by atoms with van der Waals surface area (Å²) in [6, 6.07) is 7.48. The summed E-state index contributed by atoms with van der Waals surface area (Å²) >= 11 is 0. The van der Waals surface area contributed by atoms with Crippen LogP contribution in [0.1, 0.15) is 37.9 Å². The molecule has 0 aromatic heterocycles. The minimum Gasteiger partial charge on any atom is -0.388 e. The number of aliphatic hydroxyl groups excluding tert-OH is 1. The van der Waals surface area contributed by atoms with Gasteiger partial charge in [0, 0.05) is 18.7 Å². The number of carbonyl (C=O) groups is 1. The van der Waals surface area contributed by atoms with Crippen molar-refractivity contribution in [2.75, 3.05) is 18.0 Å². The number of amides is 2. The lowest BCUT2D eigenvalue weighted by atomic mass is 9.99.